The average molecular weight is 386 g/mol. The molecule has 0 radical (unpaired) electrons. The van der Waals surface area contributed by atoms with Crippen molar-refractivity contribution in [1.82, 2.24) is 15.3 Å². The molecule has 0 saturated heterocycles. The van der Waals surface area contributed by atoms with Crippen molar-refractivity contribution in [3.63, 3.8) is 0 Å². The molecule has 2 N–H and O–H groups in total. The van der Waals surface area contributed by atoms with Crippen LogP contribution in [-0.2, 0) is 12.7 Å². The molecule has 1 amide bonds. The van der Waals surface area contributed by atoms with Crippen molar-refractivity contribution in [3.8, 4) is 0 Å². The Morgan fingerprint density at radius 2 is 1.68 bits per heavy atom. The normalized spacial score (nSPS) is 11.1. The molecule has 1 aromatic heterocycles. The first-order chi connectivity index (χ1) is 13.3. The summed E-state index contributed by atoms with van der Waals surface area (Å²) in [6.45, 7) is 2.05. The lowest BCUT2D eigenvalue weighted by Gasteiger charge is -2.10. The molecule has 0 atom stereocenters. The van der Waals surface area contributed by atoms with Crippen LogP contribution in [0.3, 0.4) is 0 Å². The van der Waals surface area contributed by atoms with Crippen LogP contribution in [0.25, 0.3) is 0 Å². The molecule has 28 heavy (non-hydrogen) atoms. The first-order valence-corrected chi connectivity index (χ1v) is 8.43. The van der Waals surface area contributed by atoms with Gasteiger partial charge < -0.3 is 10.6 Å². The highest BCUT2D eigenvalue weighted by Crippen LogP contribution is 2.30. The van der Waals surface area contributed by atoms with Gasteiger partial charge in [-0.2, -0.15) is 13.2 Å². The number of anilines is 2. The van der Waals surface area contributed by atoms with Crippen LogP contribution >= 0.6 is 0 Å². The fraction of sp³-hybridized carbons (Fsp3) is 0.150. The molecule has 1 heterocycles. The van der Waals surface area contributed by atoms with Crippen molar-refractivity contribution in [3.05, 3.63) is 83.2 Å². The largest absolute Gasteiger partial charge is 0.416 e. The van der Waals surface area contributed by atoms with Gasteiger partial charge in [-0.05, 0) is 42.8 Å². The van der Waals surface area contributed by atoms with Crippen LogP contribution < -0.4 is 10.6 Å². The van der Waals surface area contributed by atoms with E-state index < -0.39 is 11.7 Å². The topological polar surface area (TPSA) is 66.9 Å². The number of carbonyl (C=O) groups excluding carboxylic acids is 1. The molecule has 0 fully saturated rings. The second-order valence-corrected chi connectivity index (χ2v) is 6.09. The molecule has 3 rings (SSSR count). The molecule has 3 aromatic rings. The molecule has 0 aliphatic heterocycles. The Kier molecular flexibility index (Phi) is 5.58. The van der Waals surface area contributed by atoms with Crippen molar-refractivity contribution in [2.45, 2.75) is 19.6 Å². The monoisotopic (exact) mass is 386 g/mol. The van der Waals surface area contributed by atoms with Crippen LogP contribution in [0.2, 0.25) is 0 Å². The number of aromatic nitrogens is 2. The summed E-state index contributed by atoms with van der Waals surface area (Å²) in [5.74, 6) is -0.241. The van der Waals surface area contributed by atoms with Gasteiger partial charge in [0.2, 0.25) is 5.95 Å². The Morgan fingerprint density at radius 1 is 1.00 bits per heavy atom. The molecule has 0 bridgehead atoms. The highest BCUT2D eigenvalue weighted by atomic mass is 19.4. The molecule has 0 unspecified atom stereocenters. The molecule has 0 spiro atoms. The second-order valence-electron chi connectivity index (χ2n) is 6.09. The number of halogens is 3. The molecule has 8 heteroatoms. The first-order valence-electron chi connectivity index (χ1n) is 8.43. The maximum atomic E-state index is 12.6. The maximum absolute atomic E-state index is 12.6. The van der Waals surface area contributed by atoms with Crippen molar-refractivity contribution in [1.29, 1.82) is 0 Å². The fourth-order valence-corrected chi connectivity index (χ4v) is 2.48. The van der Waals surface area contributed by atoms with Gasteiger partial charge in [0, 0.05) is 17.9 Å². The molecule has 5 nitrogen and oxygen atoms in total. The second kappa shape index (κ2) is 8.08. The first kappa shape index (κ1) is 19.3. The highest BCUT2D eigenvalue weighted by Gasteiger charge is 2.29. The quantitative estimate of drug-likeness (QED) is 0.679. The molecule has 144 valence electrons. The summed E-state index contributed by atoms with van der Waals surface area (Å²) in [5, 5.41) is 5.60. The minimum Gasteiger partial charge on any atom is -0.347 e. The smallest absolute Gasteiger partial charge is 0.347 e. The predicted octanol–water partition coefficient (Wildman–Crippen LogP) is 4.48. The third kappa shape index (κ3) is 5.06. The van der Waals surface area contributed by atoms with Gasteiger partial charge in [-0.25, -0.2) is 9.97 Å². The minimum absolute atomic E-state index is 0.129. The van der Waals surface area contributed by atoms with Gasteiger partial charge in [-0.15, -0.1) is 0 Å². The summed E-state index contributed by atoms with van der Waals surface area (Å²) in [5.41, 5.74) is 1.30. The average Bonchev–Trinajstić information content (AvgIpc) is 2.66. The summed E-state index contributed by atoms with van der Waals surface area (Å²) in [6, 6.07) is 15.5. The predicted molar refractivity (Wildman–Crippen MR) is 99.1 cm³/mol. The molecule has 0 aliphatic carbocycles. The van der Waals surface area contributed by atoms with Gasteiger partial charge >= 0.3 is 6.18 Å². The number of alkyl halides is 3. The third-order valence-corrected chi connectivity index (χ3v) is 3.85. The highest BCUT2D eigenvalue weighted by molar-refractivity contribution is 5.92. The standard InChI is InChI=1S/C20H17F3N4O/c1-13-11-17(18(28)24-12-14-5-3-2-4-6-14)27-19(25-13)26-16-9-7-15(8-10-16)20(21,22)23/h2-11H,12H2,1H3,(H,24,28)(H,25,26,27). The van der Waals surface area contributed by atoms with Crippen molar-refractivity contribution >= 4 is 17.5 Å². The summed E-state index contributed by atoms with van der Waals surface area (Å²) < 4.78 is 37.9. The summed E-state index contributed by atoms with van der Waals surface area (Å²) >= 11 is 0. The van der Waals surface area contributed by atoms with Crippen LogP contribution in [-0.4, -0.2) is 15.9 Å². The minimum atomic E-state index is -4.40. The Morgan fingerprint density at radius 3 is 2.32 bits per heavy atom. The van der Waals surface area contributed by atoms with Crippen LogP contribution in [0.15, 0.2) is 60.7 Å². The van der Waals surface area contributed by atoms with Crippen LogP contribution in [0.5, 0.6) is 0 Å². The van der Waals surface area contributed by atoms with Gasteiger partial charge in [-0.1, -0.05) is 30.3 Å². The Labute approximate surface area is 159 Å². The van der Waals surface area contributed by atoms with Gasteiger partial charge in [0.1, 0.15) is 5.69 Å². The molecule has 0 aliphatic rings. The van der Waals surface area contributed by atoms with Gasteiger partial charge in [-0.3, -0.25) is 4.79 Å². The summed E-state index contributed by atoms with van der Waals surface area (Å²) in [6.07, 6.45) is -4.40. The number of hydrogen-bond donors (Lipinski definition) is 2. The number of rotatable bonds is 5. The number of amides is 1. The van der Waals surface area contributed by atoms with E-state index in [4.69, 9.17) is 0 Å². The Balaban J connectivity index is 1.71. The number of hydrogen-bond acceptors (Lipinski definition) is 4. The van der Waals surface area contributed by atoms with Crippen molar-refractivity contribution < 1.29 is 18.0 Å². The zero-order chi connectivity index (χ0) is 20.1. The zero-order valence-corrected chi connectivity index (χ0v) is 14.9. The van der Waals surface area contributed by atoms with E-state index in [1.165, 1.54) is 18.2 Å². The summed E-state index contributed by atoms with van der Waals surface area (Å²) in [7, 11) is 0. The van der Waals surface area contributed by atoms with Crippen molar-refractivity contribution in [2.24, 2.45) is 0 Å². The van der Waals surface area contributed by atoms with Crippen LogP contribution in [0.4, 0.5) is 24.8 Å². The molecule has 2 aromatic carbocycles. The lowest BCUT2D eigenvalue weighted by molar-refractivity contribution is -0.137. The number of benzene rings is 2. The van der Waals surface area contributed by atoms with E-state index in [2.05, 4.69) is 20.6 Å². The van der Waals surface area contributed by atoms with E-state index in [9.17, 15) is 18.0 Å². The van der Waals surface area contributed by atoms with Gasteiger partial charge in [0.05, 0.1) is 5.56 Å². The van der Waals surface area contributed by atoms with Crippen LogP contribution in [0, 0.1) is 6.92 Å². The van der Waals surface area contributed by atoms with E-state index in [1.54, 1.807) is 6.92 Å². The zero-order valence-electron chi connectivity index (χ0n) is 14.9. The van der Waals surface area contributed by atoms with Crippen LogP contribution in [0.1, 0.15) is 27.3 Å². The number of carbonyl (C=O) groups is 1. The summed E-state index contributed by atoms with van der Waals surface area (Å²) in [4.78, 5) is 20.7. The molecule has 0 saturated carbocycles. The van der Waals surface area contributed by atoms with E-state index in [0.29, 0.717) is 17.9 Å². The van der Waals surface area contributed by atoms with Gasteiger partial charge in [0.15, 0.2) is 0 Å². The maximum Gasteiger partial charge on any atom is 0.416 e. The van der Waals surface area contributed by atoms with E-state index in [0.717, 1.165) is 17.7 Å². The van der Waals surface area contributed by atoms with E-state index >= 15 is 0 Å². The molecular weight excluding hydrogens is 369 g/mol. The number of nitrogens with zero attached hydrogens (tertiary/aromatic N) is 2. The lowest BCUT2D eigenvalue weighted by atomic mass is 10.2. The number of nitrogens with one attached hydrogen (secondary N) is 2. The van der Waals surface area contributed by atoms with Crippen molar-refractivity contribution in [2.75, 3.05) is 5.32 Å². The SMILES string of the molecule is Cc1cc(C(=O)NCc2ccccc2)nc(Nc2ccc(C(F)(F)F)cc2)n1. The Hall–Kier alpha value is -3.42. The van der Waals surface area contributed by atoms with Gasteiger partial charge in [0.25, 0.3) is 5.91 Å². The Bertz CT molecular complexity index is 957. The third-order valence-electron chi connectivity index (χ3n) is 3.85. The molecular formula is C20H17F3N4O. The fourth-order valence-electron chi connectivity index (χ4n) is 2.48. The van der Waals surface area contributed by atoms with E-state index in [1.807, 2.05) is 30.3 Å². The van der Waals surface area contributed by atoms with E-state index in [-0.39, 0.29) is 17.5 Å². The lowest BCUT2D eigenvalue weighted by Crippen LogP contribution is -2.24. The number of aryl methyl sites for hydroxylation is 1.